The van der Waals surface area contributed by atoms with E-state index in [2.05, 4.69) is 0 Å². The SMILES string of the molecule is Cc1cc(C)c([N+](=O)[O-])cc1OCC1(CC(=N)N)CC1. The zero-order chi connectivity index (χ0) is 14.9. The molecule has 1 fully saturated rings. The van der Waals surface area contributed by atoms with E-state index in [0.717, 1.165) is 18.4 Å². The van der Waals surface area contributed by atoms with E-state index in [-0.39, 0.29) is 16.9 Å². The Morgan fingerprint density at radius 1 is 1.45 bits per heavy atom. The van der Waals surface area contributed by atoms with Gasteiger partial charge in [0.1, 0.15) is 5.75 Å². The zero-order valence-corrected chi connectivity index (χ0v) is 11.7. The molecule has 1 aromatic rings. The highest BCUT2D eigenvalue weighted by Gasteiger charge is 2.44. The van der Waals surface area contributed by atoms with Crippen molar-refractivity contribution >= 4 is 11.5 Å². The molecule has 1 aliphatic carbocycles. The minimum Gasteiger partial charge on any atom is -0.492 e. The van der Waals surface area contributed by atoms with Crippen molar-refractivity contribution in [2.24, 2.45) is 11.1 Å². The minimum absolute atomic E-state index is 0.0437. The average Bonchev–Trinajstić information content (AvgIpc) is 3.06. The number of benzene rings is 1. The molecule has 108 valence electrons. The van der Waals surface area contributed by atoms with Gasteiger partial charge in [-0.1, -0.05) is 0 Å². The van der Waals surface area contributed by atoms with Crippen LogP contribution in [-0.2, 0) is 0 Å². The third kappa shape index (κ3) is 3.07. The van der Waals surface area contributed by atoms with Gasteiger partial charge in [0.15, 0.2) is 0 Å². The molecule has 0 unspecified atom stereocenters. The van der Waals surface area contributed by atoms with Gasteiger partial charge in [-0.25, -0.2) is 0 Å². The zero-order valence-electron chi connectivity index (χ0n) is 11.7. The Bertz CT molecular complexity index is 565. The lowest BCUT2D eigenvalue weighted by atomic mass is 10.0. The number of nitrogens with one attached hydrogen (secondary N) is 1. The molecule has 0 spiro atoms. The largest absolute Gasteiger partial charge is 0.492 e. The lowest BCUT2D eigenvalue weighted by Gasteiger charge is -2.17. The molecular weight excluding hydrogens is 258 g/mol. The smallest absolute Gasteiger partial charge is 0.276 e. The van der Waals surface area contributed by atoms with Crippen molar-refractivity contribution in [1.29, 1.82) is 5.41 Å². The molecule has 1 aromatic carbocycles. The summed E-state index contributed by atoms with van der Waals surface area (Å²) in [7, 11) is 0. The molecule has 0 bridgehead atoms. The van der Waals surface area contributed by atoms with Gasteiger partial charge in [-0.2, -0.15) is 0 Å². The van der Waals surface area contributed by atoms with Gasteiger partial charge in [0.25, 0.3) is 5.69 Å². The molecule has 0 radical (unpaired) electrons. The van der Waals surface area contributed by atoms with E-state index < -0.39 is 4.92 Å². The number of nitrogens with two attached hydrogens (primary N) is 1. The molecule has 0 saturated heterocycles. The second-order valence-corrected chi connectivity index (χ2v) is 5.65. The van der Waals surface area contributed by atoms with Crippen molar-refractivity contribution in [3.63, 3.8) is 0 Å². The molecule has 3 N–H and O–H groups in total. The fraction of sp³-hybridized carbons (Fsp3) is 0.500. The van der Waals surface area contributed by atoms with E-state index in [1.54, 1.807) is 13.0 Å². The number of nitrogens with zero attached hydrogens (tertiary/aromatic N) is 1. The van der Waals surface area contributed by atoms with Crippen molar-refractivity contribution in [3.05, 3.63) is 33.4 Å². The van der Waals surface area contributed by atoms with E-state index >= 15 is 0 Å². The van der Waals surface area contributed by atoms with Crippen LogP contribution in [0, 0.1) is 34.8 Å². The highest BCUT2D eigenvalue weighted by Crippen LogP contribution is 2.49. The fourth-order valence-corrected chi connectivity index (χ4v) is 2.36. The quantitative estimate of drug-likeness (QED) is 0.361. The second-order valence-electron chi connectivity index (χ2n) is 5.65. The number of hydrogen-bond acceptors (Lipinski definition) is 4. The van der Waals surface area contributed by atoms with Gasteiger partial charge >= 0.3 is 0 Å². The summed E-state index contributed by atoms with van der Waals surface area (Å²) in [5.74, 6) is 0.704. The standard InChI is InChI=1S/C14H19N3O3/c1-9-5-10(2)12(6-11(9)17(18)19)20-8-14(3-4-14)7-13(15)16/h5-6H,3-4,7-8H2,1-2H3,(H3,15,16). The summed E-state index contributed by atoms with van der Waals surface area (Å²) in [6.45, 7) is 4.04. The Balaban J connectivity index is 2.12. The molecule has 20 heavy (non-hydrogen) atoms. The first kappa shape index (κ1) is 14.3. The van der Waals surface area contributed by atoms with Crippen LogP contribution in [0.5, 0.6) is 5.75 Å². The number of aryl methyl sites for hydroxylation is 2. The second kappa shape index (κ2) is 5.11. The van der Waals surface area contributed by atoms with E-state index in [1.807, 2.05) is 6.92 Å². The molecule has 0 atom stereocenters. The average molecular weight is 277 g/mol. The third-order valence-electron chi connectivity index (χ3n) is 3.75. The highest BCUT2D eigenvalue weighted by molar-refractivity contribution is 5.78. The van der Waals surface area contributed by atoms with Crippen molar-refractivity contribution in [2.45, 2.75) is 33.1 Å². The predicted molar refractivity (Wildman–Crippen MR) is 76.3 cm³/mol. The van der Waals surface area contributed by atoms with Crippen LogP contribution in [0.4, 0.5) is 5.69 Å². The Morgan fingerprint density at radius 3 is 2.60 bits per heavy atom. The lowest BCUT2D eigenvalue weighted by molar-refractivity contribution is -0.385. The van der Waals surface area contributed by atoms with Crippen LogP contribution in [0.15, 0.2) is 12.1 Å². The Hall–Kier alpha value is -2.11. The van der Waals surface area contributed by atoms with Crippen molar-refractivity contribution < 1.29 is 9.66 Å². The molecule has 1 aliphatic rings. The molecule has 0 aromatic heterocycles. The van der Waals surface area contributed by atoms with Crippen molar-refractivity contribution in [1.82, 2.24) is 0 Å². The number of ether oxygens (including phenoxy) is 1. The summed E-state index contributed by atoms with van der Waals surface area (Å²) in [5, 5.41) is 18.3. The number of rotatable bonds is 6. The van der Waals surface area contributed by atoms with Gasteiger partial charge < -0.3 is 10.5 Å². The molecule has 0 amide bonds. The van der Waals surface area contributed by atoms with Crippen LogP contribution in [0.3, 0.4) is 0 Å². The van der Waals surface area contributed by atoms with Crippen LogP contribution in [0.25, 0.3) is 0 Å². The maximum absolute atomic E-state index is 10.9. The van der Waals surface area contributed by atoms with Crippen LogP contribution >= 0.6 is 0 Å². The van der Waals surface area contributed by atoms with Gasteiger partial charge in [-0.05, 0) is 38.3 Å². The molecular formula is C14H19N3O3. The monoisotopic (exact) mass is 277 g/mol. The molecule has 2 rings (SSSR count). The van der Waals surface area contributed by atoms with Gasteiger partial charge in [0.2, 0.25) is 0 Å². The molecule has 6 nitrogen and oxygen atoms in total. The Kier molecular flexibility index (Phi) is 3.65. The predicted octanol–water partition coefficient (Wildman–Crippen LogP) is 2.70. The van der Waals surface area contributed by atoms with Gasteiger partial charge in [-0.3, -0.25) is 15.5 Å². The summed E-state index contributed by atoms with van der Waals surface area (Å²) < 4.78 is 5.75. The van der Waals surface area contributed by atoms with Crippen LogP contribution in [0.1, 0.15) is 30.4 Å². The number of hydrogen-bond donors (Lipinski definition) is 2. The maximum Gasteiger partial charge on any atom is 0.276 e. The first-order valence-electron chi connectivity index (χ1n) is 6.54. The summed E-state index contributed by atoms with van der Waals surface area (Å²) in [6, 6.07) is 3.24. The molecule has 1 saturated carbocycles. The van der Waals surface area contributed by atoms with Crippen LogP contribution in [0.2, 0.25) is 0 Å². The van der Waals surface area contributed by atoms with Crippen molar-refractivity contribution in [2.75, 3.05) is 6.61 Å². The van der Waals surface area contributed by atoms with Crippen molar-refractivity contribution in [3.8, 4) is 5.75 Å². The van der Waals surface area contributed by atoms with Crippen LogP contribution < -0.4 is 10.5 Å². The Morgan fingerprint density at radius 2 is 2.10 bits per heavy atom. The van der Waals surface area contributed by atoms with Gasteiger partial charge in [0, 0.05) is 17.4 Å². The van der Waals surface area contributed by atoms with E-state index in [0.29, 0.717) is 24.3 Å². The molecule has 0 heterocycles. The van der Waals surface area contributed by atoms with E-state index in [1.165, 1.54) is 6.07 Å². The Labute approximate surface area is 117 Å². The fourth-order valence-electron chi connectivity index (χ4n) is 2.36. The lowest BCUT2D eigenvalue weighted by Crippen LogP contribution is -2.22. The van der Waals surface area contributed by atoms with E-state index in [9.17, 15) is 10.1 Å². The van der Waals surface area contributed by atoms with Crippen LogP contribution in [-0.4, -0.2) is 17.4 Å². The first-order chi connectivity index (χ1) is 9.33. The first-order valence-corrected chi connectivity index (χ1v) is 6.54. The van der Waals surface area contributed by atoms with E-state index in [4.69, 9.17) is 15.9 Å². The normalized spacial score (nSPS) is 15.7. The summed E-state index contributed by atoms with van der Waals surface area (Å²) >= 11 is 0. The summed E-state index contributed by atoms with van der Waals surface area (Å²) in [4.78, 5) is 10.6. The molecule has 0 aliphatic heterocycles. The number of nitro groups is 1. The summed E-state index contributed by atoms with van der Waals surface area (Å²) in [6.07, 6.45) is 2.50. The third-order valence-corrected chi connectivity index (χ3v) is 3.75. The van der Waals surface area contributed by atoms with Gasteiger partial charge in [0.05, 0.1) is 23.4 Å². The summed E-state index contributed by atoms with van der Waals surface area (Å²) in [5.41, 5.74) is 6.98. The van der Waals surface area contributed by atoms with Gasteiger partial charge in [-0.15, -0.1) is 0 Å². The number of amidine groups is 1. The molecule has 6 heteroatoms. The highest BCUT2D eigenvalue weighted by atomic mass is 16.6. The number of nitro benzene ring substituents is 1. The minimum atomic E-state index is -0.399. The maximum atomic E-state index is 10.9. The topological polar surface area (TPSA) is 102 Å².